The molecule has 0 radical (unpaired) electrons. The van der Waals surface area contributed by atoms with Gasteiger partial charge in [0, 0.05) is 33.7 Å². The van der Waals surface area contributed by atoms with Gasteiger partial charge < -0.3 is 5.32 Å². The number of hydrogen-bond donors (Lipinski definition) is 2. The van der Waals surface area contributed by atoms with E-state index in [9.17, 15) is 14.0 Å². The van der Waals surface area contributed by atoms with Gasteiger partial charge in [-0.2, -0.15) is 0 Å². The molecule has 1 saturated heterocycles. The van der Waals surface area contributed by atoms with E-state index in [2.05, 4.69) is 26.6 Å². The number of para-hydroxylation sites is 1. The van der Waals surface area contributed by atoms with Crippen molar-refractivity contribution in [1.29, 1.82) is 0 Å². The molecule has 2 aliphatic heterocycles. The third-order valence-corrected chi connectivity index (χ3v) is 6.67. The van der Waals surface area contributed by atoms with Crippen LogP contribution in [-0.4, -0.2) is 18.2 Å². The van der Waals surface area contributed by atoms with Gasteiger partial charge in [-0.05, 0) is 48.0 Å². The highest BCUT2D eigenvalue weighted by molar-refractivity contribution is 9.10. The number of ketones is 1. The number of rotatable bonds is 3. The Morgan fingerprint density at radius 2 is 1.70 bits per heavy atom. The molecule has 4 nitrogen and oxygen atoms in total. The Bertz CT molecular complexity index is 1150. The molecule has 5 rings (SSSR count). The highest BCUT2D eigenvalue weighted by atomic mass is 79.9. The number of fused-ring (bicyclic) bond motifs is 2. The van der Waals surface area contributed by atoms with Gasteiger partial charge in [0.2, 0.25) is 5.91 Å². The van der Waals surface area contributed by atoms with E-state index in [1.54, 1.807) is 0 Å². The van der Waals surface area contributed by atoms with Crippen molar-refractivity contribution in [2.45, 2.75) is 11.5 Å². The minimum atomic E-state index is -1.17. The number of carbonyl (C=O) groups excluding carboxylic acids is 2. The number of amides is 1. The van der Waals surface area contributed by atoms with Crippen LogP contribution < -0.4 is 10.6 Å². The van der Waals surface area contributed by atoms with Crippen LogP contribution in [0, 0.1) is 11.7 Å². The topological polar surface area (TPSA) is 58.2 Å². The minimum absolute atomic E-state index is 0.181. The van der Waals surface area contributed by atoms with Gasteiger partial charge in [0.05, 0.1) is 5.92 Å². The summed E-state index contributed by atoms with van der Waals surface area (Å²) in [6.07, 6.45) is 0. The lowest BCUT2D eigenvalue weighted by Gasteiger charge is -2.31. The van der Waals surface area contributed by atoms with Gasteiger partial charge in [-0.25, -0.2) is 4.39 Å². The molecule has 1 fully saturated rings. The predicted octanol–water partition coefficient (Wildman–Crippen LogP) is 4.62. The summed E-state index contributed by atoms with van der Waals surface area (Å²) < 4.78 is 14.4. The molecule has 1 spiro atoms. The van der Waals surface area contributed by atoms with E-state index >= 15 is 0 Å². The van der Waals surface area contributed by atoms with E-state index in [0.717, 1.165) is 15.6 Å². The zero-order valence-corrected chi connectivity index (χ0v) is 17.4. The van der Waals surface area contributed by atoms with Crippen LogP contribution in [0.25, 0.3) is 0 Å². The van der Waals surface area contributed by atoms with Gasteiger partial charge in [0.15, 0.2) is 5.78 Å². The summed E-state index contributed by atoms with van der Waals surface area (Å²) in [6, 6.07) is 20.8. The lowest BCUT2D eigenvalue weighted by atomic mass is 9.70. The standard InChI is InChI=1S/C24H18BrFN2O2/c25-16-9-5-14(6-10-16)18-13-27-24(19-3-1-2-4-20(19)28-23(24)30)21(18)22(29)15-7-11-17(26)12-8-15/h1-12,18,21,27H,13H2,(H,28,30). The SMILES string of the molecule is O=C(c1ccc(F)cc1)C1C(c2ccc(Br)cc2)CNC12C(=O)Nc1ccccc12. The van der Waals surface area contributed by atoms with E-state index in [1.165, 1.54) is 24.3 Å². The molecule has 1 amide bonds. The number of hydrogen-bond acceptors (Lipinski definition) is 3. The Morgan fingerprint density at radius 3 is 2.43 bits per heavy atom. The second kappa shape index (κ2) is 7.15. The van der Waals surface area contributed by atoms with Gasteiger partial charge >= 0.3 is 0 Å². The van der Waals surface area contributed by atoms with E-state index in [-0.39, 0.29) is 17.6 Å². The summed E-state index contributed by atoms with van der Waals surface area (Å²) in [4.78, 5) is 27.1. The number of halogens is 2. The van der Waals surface area contributed by atoms with Crippen LogP contribution in [0.5, 0.6) is 0 Å². The first-order chi connectivity index (χ1) is 14.5. The van der Waals surface area contributed by atoms with Crippen LogP contribution in [0.3, 0.4) is 0 Å². The molecule has 3 atom stereocenters. The molecule has 0 aromatic heterocycles. The molecular formula is C24H18BrFN2O2. The monoisotopic (exact) mass is 464 g/mol. The fourth-order valence-corrected chi connectivity index (χ4v) is 5.02. The van der Waals surface area contributed by atoms with E-state index in [4.69, 9.17) is 0 Å². The molecule has 3 aromatic rings. The molecule has 30 heavy (non-hydrogen) atoms. The predicted molar refractivity (Wildman–Crippen MR) is 116 cm³/mol. The fourth-order valence-electron chi connectivity index (χ4n) is 4.76. The fraction of sp³-hybridized carbons (Fsp3) is 0.167. The van der Waals surface area contributed by atoms with Crippen molar-refractivity contribution >= 4 is 33.3 Å². The first-order valence-electron chi connectivity index (χ1n) is 9.72. The van der Waals surface area contributed by atoms with Crippen molar-refractivity contribution in [2.24, 2.45) is 5.92 Å². The van der Waals surface area contributed by atoms with Crippen molar-refractivity contribution in [1.82, 2.24) is 5.32 Å². The van der Waals surface area contributed by atoms with Crippen LogP contribution in [0.4, 0.5) is 10.1 Å². The van der Waals surface area contributed by atoms with E-state index < -0.39 is 17.3 Å². The number of carbonyl (C=O) groups is 2. The molecule has 3 unspecified atom stereocenters. The Kier molecular flexibility index (Phi) is 4.56. The maximum absolute atomic E-state index is 13.8. The molecule has 2 heterocycles. The molecule has 0 saturated carbocycles. The second-order valence-electron chi connectivity index (χ2n) is 7.70. The van der Waals surface area contributed by atoms with E-state index in [0.29, 0.717) is 17.8 Å². The second-order valence-corrected chi connectivity index (χ2v) is 8.61. The minimum Gasteiger partial charge on any atom is -0.324 e. The van der Waals surface area contributed by atoms with Gasteiger partial charge in [-0.3, -0.25) is 14.9 Å². The van der Waals surface area contributed by atoms with Crippen molar-refractivity contribution < 1.29 is 14.0 Å². The van der Waals surface area contributed by atoms with Crippen molar-refractivity contribution in [3.8, 4) is 0 Å². The first kappa shape index (κ1) is 19.2. The lowest BCUT2D eigenvalue weighted by molar-refractivity contribution is -0.122. The summed E-state index contributed by atoms with van der Waals surface area (Å²) in [5.41, 5.74) is 1.68. The van der Waals surface area contributed by atoms with Crippen molar-refractivity contribution in [2.75, 3.05) is 11.9 Å². The van der Waals surface area contributed by atoms with Gasteiger partial charge in [-0.1, -0.05) is 46.3 Å². The Labute approximate surface area is 181 Å². The Morgan fingerprint density at radius 1 is 1.00 bits per heavy atom. The maximum atomic E-state index is 13.8. The third kappa shape index (κ3) is 2.82. The van der Waals surface area contributed by atoms with Crippen LogP contribution in [0.1, 0.15) is 27.4 Å². The summed E-state index contributed by atoms with van der Waals surface area (Å²) in [5.74, 6) is -1.71. The average Bonchev–Trinajstić information content (AvgIpc) is 3.28. The highest BCUT2D eigenvalue weighted by Crippen LogP contribution is 2.51. The quantitative estimate of drug-likeness (QED) is 0.555. The smallest absolute Gasteiger partial charge is 0.250 e. The number of Topliss-reactive ketones (excluding diaryl/α,β-unsaturated/α-hetero) is 1. The van der Waals surface area contributed by atoms with Crippen LogP contribution in [0.2, 0.25) is 0 Å². The van der Waals surface area contributed by atoms with Gasteiger partial charge in [-0.15, -0.1) is 0 Å². The summed E-state index contributed by atoms with van der Waals surface area (Å²) in [7, 11) is 0. The zero-order valence-electron chi connectivity index (χ0n) is 15.9. The number of nitrogens with one attached hydrogen (secondary N) is 2. The van der Waals surface area contributed by atoms with Gasteiger partial charge in [0.1, 0.15) is 11.4 Å². The molecular weight excluding hydrogens is 447 g/mol. The highest BCUT2D eigenvalue weighted by Gasteiger charge is 2.61. The molecule has 2 aliphatic rings. The first-order valence-corrected chi connectivity index (χ1v) is 10.5. The largest absolute Gasteiger partial charge is 0.324 e. The van der Waals surface area contributed by atoms with Crippen LogP contribution in [-0.2, 0) is 10.3 Å². The lowest BCUT2D eigenvalue weighted by Crippen LogP contribution is -2.50. The number of anilines is 1. The Hall–Kier alpha value is -2.83. The van der Waals surface area contributed by atoms with Crippen molar-refractivity contribution in [3.05, 3.63) is 99.8 Å². The molecule has 6 heteroatoms. The zero-order chi connectivity index (χ0) is 20.9. The summed E-state index contributed by atoms with van der Waals surface area (Å²) >= 11 is 3.45. The molecule has 150 valence electrons. The normalized spacial score (nSPS) is 24.7. The Balaban J connectivity index is 1.68. The van der Waals surface area contributed by atoms with Crippen molar-refractivity contribution in [3.63, 3.8) is 0 Å². The molecule has 0 aliphatic carbocycles. The summed E-state index contributed by atoms with van der Waals surface area (Å²) in [6.45, 7) is 0.473. The molecule has 0 bridgehead atoms. The maximum Gasteiger partial charge on any atom is 0.250 e. The molecule has 2 N–H and O–H groups in total. The van der Waals surface area contributed by atoms with Gasteiger partial charge in [0.25, 0.3) is 0 Å². The third-order valence-electron chi connectivity index (χ3n) is 6.14. The average molecular weight is 465 g/mol. The number of benzene rings is 3. The van der Waals surface area contributed by atoms with Crippen LogP contribution >= 0.6 is 15.9 Å². The van der Waals surface area contributed by atoms with E-state index in [1.807, 2.05) is 48.5 Å². The van der Waals surface area contributed by atoms with Crippen LogP contribution in [0.15, 0.2) is 77.3 Å². The summed E-state index contributed by atoms with van der Waals surface area (Å²) in [5, 5.41) is 6.33. The molecule has 3 aromatic carbocycles.